The minimum absolute atomic E-state index is 0.101. The Kier molecular flexibility index (Phi) is 5.58. The van der Waals surface area contributed by atoms with Gasteiger partial charge in [0.15, 0.2) is 0 Å². The first-order valence-corrected chi connectivity index (χ1v) is 8.36. The average Bonchev–Trinajstić information content (AvgIpc) is 2.65. The van der Waals surface area contributed by atoms with Gasteiger partial charge in [0.2, 0.25) is 5.91 Å². The van der Waals surface area contributed by atoms with Gasteiger partial charge in [0.1, 0.15) is 0 Å². The highest BCUT2D eigenvalue weighted by Gasteiger charge is 2.09. The van der Waals surface area contributed by atoms with Crippen LogP contribution >= 0.6 is 0 Å². The highest BCUT2D eigenvalue weighted by atomic mass is 16.2. The number of hydrogen-bond donors (Lipinski definition) is 3. The summed E-state index contributed by atoms with van der Waals surface area (Å²) in [7, 11) is 0. The van der Waals surface area contributed by atoms with Gasteiger partial charge in [-0.15, -0.1) is 0 Å². The molecule has 3 rings (SSSR count). The monoisotopic (exact) mass is 365 g/mol. The van der Waals surface area contributed by atoms with E-state index in [-0.39, 0.29) is 18.8 Å². The summed E-state index contributed by atoms with van der Waals surface area (Å²) >= 11 is 0. The molecule has 27 heavy (non-hydrogen) atoms. The van der Waals surface area contributed by atoms with Crippen LogP contribution in [0.5, 0.6) is 0 Å². The molecule has 0 bridgehead atoms. The fourth-order valence-corrected chi connectivity index (χ4v) is 2.55. The number of nitrogens with zero attached hydrogens (tertiary/aromatic N) is 2. The second-order valence-electron chi connectivity index (χ2n) is 5.94. The number of para-hydroxylation sites is 2. The van der Waals surface area contributed by atoms with Gasteiger partial charge in [0.25, 0.3) is 5.56 Å². The Morgan fingerprint density at radius 1 is 1.07 bits per heavy atom. The van der Waals surface area contributed by atoms with Crippen molar-refractivity contribution in [1.29, 1.82) is 0 Å². The standard InChI is InChI=1S/C19H19N5O3/c1-13-6-2-4-8-15(13)22-19(27)23-17(25)10-20-11-24-12-21-16-9-5-3-7-14(16)18(24)26/h2-9,12,20H,10-11H2,1H3,(H2,22,23,25,27). The molecule has 3 N–H and O–H groups in total. The highest BCUT2D eigenvalue weighted by Crippen LogP contribution is 2.12. The number of carbonyl (C=O) groups is 2. The largest absolute Gasteiger partial charge is 0.325 e. The van der Waals surface area contributed by atoms with Crippen LogP contribution in [0.4, 0.5) is 10.5 Å². The Hall–Kier alpha value is -3.52. The molecule has 138 valence electrons. The maximum atomic E-state index is 12.3. The normalized spacial score (nSPS) is 10.6. The number of rotatable bonds is 5. The minimum atomic E-state index is -0.611. The first-order valence-electron chi connectivity index (χ1n) is 8.36. The number of urea groups is 1. The number of amides is 3. The highest BCUT2D eigenvalue weighted by molar-refractivity contribution is 6.02. The van der Waals surface area contributed by atoms with Crippen LogP contribution in [0.3, 0.4) is 0 Å². The van der Waals surface area contributed by atoms with E-state index < -0.39 is 11.9 Å². The van der Waals surface area contributed by atoms with E-state index in [1.807, 2.05) is 25.1 Å². The van der Waals surface area contributed by atoms with E-state index in [4.69, 9.17) is 0 Å². The van der Waals surface area contributed by atoms with Gasteiger partial charge < -0.3 is 5.32 Å². The van der Waals surface area contributed by atoms with E-state index in [1.165, 1.54) is 10.9 Å². The third-order valence-electron chi connectivity index (χ3n) is 3.95. The lowest BCUT2D eigenvalue weighted by atomic mass is 10.2. The average molecular weight is 365 g/mol. The van der Waals surface area contributed by atoms with Crippen LogP contribution in [0, 0.1) is 6.92 Å². The molecule has 0 saturated heterocycles. The second-order valence-corrected chi connectivity index (χ2v) is 5.94. The summed E-state index contributed by atoms with van der Waals surface area (Å²) in [4.78, 5) is 40.3. The van der Waals surface area contributed by atoms with E-state index in [0.717, 1.165) is 5.56 Å². The van der Waals surface area contributed by atoms with Gasteiger partial charge in [-0.05, 0) is 30.7 Å². The predicted molar refractivity (Wildman–Crippen MR) is 102 cm³/mol. The number of aromatic nitrogens is 2. The van der Waals surface area contributed by atoms with E-state index in [1.54, 1.807) is 30.3 Å². The Morgan fingerprint density at radius 2 is 1.81 bits per heavy atom. The van der Waals surface area contributed by atoms with E-state index in [9.17, 15) is 14.4 Å². The van der Waals surface area contributed by atoms with E-state index >= 15 is 0 Å². The Labute approximate surface area is 155 Å². The zero-order valence-electron chi connectivity index (χ0n) is 14.7. The quantitative estimate of drug-likeness (QED) is 0.637. The maximum absolute atomic E-state index is 12.3. The third-order valence-corrected chi connectivity index (χ3v) is 3.95. The van der Waals surface area contributed by atoms with Crippen LogP contribution in [0.15, 0.2) is 59.7 Å². The zero-order valence-corrected chi connectivity index (χ0v) is 14.7. The number of anilines is 1. The van der Waals surface area contributed by atoms with Crippen molar-refractivity contribution in [1.82, 2.24) is 20.2 Å². The van der Waals surface area contributed by atoms with Crippen molar-refractivity contribution >= 4 is 28.5 Å². The van der Waals surface area contributed by atoms with Crippen LogP contribution in [-0.2, 0) is 11.5 Å². The second kappa shape index (κ2) is 8.24. The zero-order chi connectivity index (χ0) is 19.2. The molecule has 0 aliphatic carbocycles. The molecule has 0 aliphatic rings. The van der Waals surface area contributed by atoms with Crippen molar-refractivity contribution in [2.75, 3.05) is 11.9 Å². The van der Waals surface area contributed by atoms with Crippen molar-refractivity contribution in [3.05, 3.63) is 70.8 Å². The minimum Gasteiger partial charge on any atom is -0.307 e. The van der Waals surface area contributed by atoms with Crippen LogP contribution in [0.2, 0.25) is 0 Å². The summed E-state index contributed by atoms with van der Waals surface area (Å²) in [5, 5.41) is 8.17. The number of hydrogen-bond acceptors (Lipinski definition) is 5. The Bertz CT molecular complexity index is 1040. The lowest BCUT2D eigenvalue weighted by Gasteiger charge is -2.10. The summed E-state index contributed by atoms with van der Waals surface area (Å²) in [5.74, 6) is -0.511. The smallest absolute Gasteiger partial charge is 0.307 e. The molecule has 0 saturated carbocycles. The molecular weight excluding hydrogens is 346 g/mol. The number of aryl methyl sites for hydroxylation is 1. The van der Waals surface area contributed by atoms with Crippen molar-refractivity contribution in [2.24, 2.45) is 0 Å². The molecular formula is C19H19N5O3. The van der Waals surface area contributed by atoms with Gasteiger partial charge in [0, 0.05) is 5.69 Å². The number of nitrogens with one attached hydrogen (secondary N) is 3. The number of fused-ring (bicyclic) bond motifs is 1. The van der Waals surface area contributed by atoms with E-state index in [0.29, 0.717) is 16.6 Å². The fourth-order valence-electron chi connectivity index (χ4n) is 2.55. The summed E-state index contributed by atoms with van der Waals surface area (Å²) in [6, 6.07) is 13.7. The SMILES string of the molecule is Cc1ccccc1NC(=O)NC(=O)CNCn1cnc2ccccc2c1=O. The lowest BCUT2D eigenvalue weighted by Crippen LogP contribution is -2.41. The topological polar surface area (TPSA) is 105 Å². The third kappa shape index (κ3) is 4.56. The van der Waals surface area contributed by atoms with Crippen LogP contribution in [0.25, 0.3) is 10.9 Å². The number of imide groups is 1. The summed E-state index contributed by atoms with van der Waals surface area (Å²) in [5.41, 5.74) is 1.93. The van der Waals surface area contributed by atoms with Gasteiger partial charge in [-0.25, -0.2) is 9.78 Å². The van der Waals surface area contributed by atoms with Gasteiger partial charge in [-0.3, -0.25) is 24.8 Å². The molecule has 0 fully saturated rings. The summed E-state index contributed by atoms with van der Waals surface area (Å²) in [6.45, 7) is 1.83. The molecule has 1 aromatic heterocycles. The maximum Gasteiger partial charge on any atom is 0.325 e. The molecule has 8 heteroatoms. The van der Waals surface area contributed by atoms with Crippen molar-refractivity contribution < 1.29 is 9.59 Å². The molecule has 8 nitrogen and oxygen atoms in total. The van der Waals surface area contributed by atoms with Crippen LogP contribution < -0.4 is 21.5 Å². The Balaban J connectivity index is 1.51. The van der Waals surface area contributed by atoms with Gasteiger partial charge in [-0.2, -0.15) is 0 Å². The molecule has 1 heterocycles. The van der Waals surface area contributed by atoms with Crippen LogP contribution in [-0.4, -0.2) is 28.0 Å². The first-order chi connectivity index (χ1) is 13.0. The number of carbonyl (C=O) groups excluding carboxylic acids is 2. The molecule has 0 atom stereocenters. The van der Waals surface area contributed by atoms with Crippen molar-refractivity contribution in [3.63, 3.8) is 0 Å². The van der Waals surface area contributed by atoms with Gasteiger partial charge in [0.05, 0.1) is 30.4 Å². The Morgan fingerprint density at radius 3 is 2.63 bits per heavy atom. The van der Waals surface area contributed by atoms with E-state index in [2.05, 4.69) is 20.9 Å². The van der Waals surface area contributed by atoms with Crippen LogP contribution in [0.1, 0.15) is 5.56 Å². The molecule has 0 aliphatic heterocycles. The summed E-state index contributed by atoms with van der Waals surface area (Å²) in [6.07, 6.45) is 1.42. The molecule has 0 radical (unpaired) electrons. The fraction of sp³-hybridized carbons (Fsp3) is 0.158. The molecule has 0 spiro atoms. The van der Waals surface area contributed by atoms with Crippen molar-refractivity contribution in [2.45, 2.75) is 13.6 Å². The van der Waals surface area contributed by atoms with Gasteiger partial charge >= 0.3 is 6.03 Å². The predicted octanol–water partition coefficient (Wildman–Crippen LogP) is 1.60. The molecule has 3 aromatic rings. The van der Waals surface area contributed by atoms with Crippen molar-refractivity contribution in [3.8, 4) is 0 Å². The first kappa shape index (κ1) is 18.3. The summed E-state index contributed by atoms with van der Waals surface area (Å²) < 4.78 is 1.36. The molecule has 3 amide bonds. The number of benzene rings is 2. The molecule has 2 aromatic carbocycles. The lowest BCUT2D eigenvalue weighted by molar-refractivity contribution is -0.119. The van der Waals surface area contributed by atoms with Gasteiger partial charge in [-0.1, -0.05) is 30.3 Å². The molecule has 0 unspecified atom stereocenters.